The fraction of sp³-hybridized carbons (Fsp3) is 0.524. The molecule has 0 amide bonds. The van der Waals surface area contributed by atoms with Crippen LogP contribution in [-0.2, 0) is 17.6 Å². The topological polar surface area (TPSA) is 27.7 Å². The fourth-order valence-electron chi connectivity index (χ4n) is 7.14. The van der Waals surface area contributed by atoms with Crippen molar-refractivity contribution in [1.29, 1.82) is 0 Å². The summed E-state index contributed by atoms with van der Waals surface area (Å²) in [5.41, 5.74) is 11.2. The van der Waals surface area contributed by atoms with Gasteiger partial charge in [-0.05, 0) is 119 Å². The van der Waals surface area contributed by atoms with E-state index in [9.17, 15) is 0 Å². The van der Waals surface area contributed by atoms with Crippen LogP contribution in [0.4, 0.5) is 0 Å². The summed E-state index contributed by atoms with van der Waals surface area (Å²) in [4.78, 5) is 0. The minimum atomic E-state index is -2.04. The molecule has 46 heavy (non-hydrogen) atoms. The molecule has 0 N–H and O–H groups in total. The normalized spacial score (nSPS) is 11.8. The van der Waals surface area contributed by atoms with Crippen molar-refractivity contribution >= 4 is 8.32 Å². The van der Waals surface area contributed by atoms with Crippen molar-refractivity contribution in [2.24, 2.45) is 0 Å². The van der Waals surface area contributed by atoms with Gasteiger partial charge in [0.25, 0.3) is 8.32 Å². The SMILES string of the molecule is CCCCCc1ccc(C#Cc2cc(Cc3c(C)cc(O[Si](C(C)C)(C(C)C)C(C)C)cc3C)cc(C(C)C)c2OCOC)cc1. The Morgan fingerprint density at radius 3 is 1.87 bits per heavy atom. The average Bonchev–Trinajstić information content (AvgIpc) is 2.99. The predicted molar refractivity (Wildman–Crippen MR) is 199 cm³/mol. The van der Waals surface area contributed by atoms with Crippen molar-refractivity contribution in [3.63, 3.8) is 0 Å². The van der Waals surface area contributed by atoms with Crippen molar-refractivity contribution < 1.29 is 13.9 Å². The maximum atomic E-state index is 7.07. The van der Waals surface area contributed by atoms with Crippen molar-refractivity contribution in [2.75, 3.05) is 13.9 Å². The molecule has 0 spiro atoms. The molecule has 0 aliphatic carbocycles. The molecule has 0 fully saturated rings. The minimum absolute atomic E-state index is 0.188. The van der Waals surface area contributed by atoms with E-state index in [1.807, 2.05) is 0 Å². The zero-order valence-electron chi connectivity index (χ0n) is 30.9. The van der Waals surface area contributed by atoms with Gasteiger partial charge >= 0.3 is 0 Å². The predicted octanol–water partition coefficient (Wildman–Crippen LogP) is 11.7. The van der Waals surface area contributed by atoms with Gasteiger partial charge in [-0.2, -0.15) is 0 Å². The van der Waals surface area contributed by atoms with Crippen molar-refractivity contribution in [3.05, 3.63) is 93.0 Å². The number of methoxy groups -OCH3 is 1. The number of ether oxygens (including phenoxy) is 2. The fourth-order valence-corrected chi connectivity index (χ4v) is 12.4. The highest BCUT2D eigenvalue weighted by molar-refractivity contribution is 6.78. The van der Waals surface area contributed by atoms with Crippen LogP contribution in [-0.4, -0.2) is 22.2 Å². The lowest BCUT2D eigenvalue weighted by atomic mass is 9.91. The van der Waals surface area contributed by atoms with E-state index in [1.165, 1.54) is 47.1 Å². The van der Waals surface area contributed by atoms with Crippen LogP contribution in [0.1, 0.15) is 132 Å². The summed E-state index contributed by atoms with van der Waals surface area (Å²) in [5.74, 6) is 9.02. The van der Waals surface area contributed by atoms with Crippen molar-refractivity contribution in [3.8, 4) is 23.3 Å². The average molecular weight is 641 g/mol. The number of benzene rings is 3. The van der Waals surface area contributed by atoms with E-state index in [4.69, 9.17) is 13.9 Å². The standard InChI is InChI=1S/C42H60O3Si/c1-13-14-15-16-35-17-19-36(20-18-35)21-22-38-25-37(26-40(29(2)3)42(38)44-28-43-12)27-41-33(10)23-39(24-34(41)11)45-46(30(4)5,31(6)7)32(8)9/h17-20,23-26,29-32H,13-16,27-28H2,1-12H3. The minimum Gasteiger partial charge on any atom is -0.543 e. The first kappa shape index (κ1) is 37.5. The van der Waals surface area contributed by atoms with E-state index >= 15 is 0 Å². The molecule has 0 aliphatic rings. The van der Waals surface area contributed by atoms with Crippen LogP contribution in [0.3, 0.4) is 0 Å². The summed E-state index contributed by atoms with van der Waals surface area (Å²) >= 11 is 0. The van der Waals surface area contributed by atoms with Gasteiger partial charge in [-0.3, -0.25) is 0 Å². The molecule has 3 aromatic rings. The first-order valence-electron chi connectivity index (χ1n) is 17.5. The van der Waals surface area contributed by atoms with Gasteiger partial charge in [0, 0.05) is 12.7 Å². The Hall–Kier alpha value is -3.00. The van der Waals surface area contributed by atoms with Gasteiger partial charge in [-0.25, -0.2) is 0 Å². The van der Waals surface area contributed by atoms with Crippen LogP contribution in [0.5, 0.6) is 11.5 Å². The molecular weight excluding hydrogens is 581 g/mol. The van der Waals surface area contributed by atoms with Crippen LogP contribution >= 0.6 is 0 Å². The highest BCUT2D eigenvalue weighted by atomic mass is 28.4. The number of hydrogen-bond donors (Lipinski definition) is 0. The van der Waals surface area contributed by atoms with E-state index in [1.54, 1.807) is 7.11 Å². The molecule has 0 bridgehead atoms. The zero-order valence-corrected chi connectivity index (χ0v) is 31.9. The van der Waals surface area contributed by atoms with Crippen molar-refractivity contribution in [2.45, 2.75) is 131 Å². The Kier molecular flexibility index (Phi) is 14.0. The largest absolute Gasteiger partial charge is 0.543 e. The Balaban J connectivity index is 2.01. The van der Waals surface area contributed by atoms with Gasteiger partial charge in [0.15, 0.2) is 6.79 Å². The molecule has 0 radical (unpaired) electrons. The third-order valence-corrected chi connectivity index (χ3v) is 15.5. The van der Waals surface area contributed by atoms with Crippen LogP contribution in [0.25, 0.3) is 0 Å². The lowest BCUT2D eigenvalue weighted by molar-refractivity contribution is 0.0500. The van der Waals surface area contributed by atoms with Gasteiger partial charge in [0.1, 0.15) is 11.5 Å². The second-order valence-corrected chi connectivity index (χ2v) is 19.7. The number of aryl methyl sites for hydroxylation is 3. The van der Waals surface area contributed by atoms with E-state index in [0.29, 0.717) is 16.6 Å². The van der Waals surface area contributed by atoms with E-state index in [-0.39, 0.29) is 12.7 Å². The third kappa shape index (κ3) is 9.30. The smallest absolute Gasteiger partial charge is 0.258 e. The molecule has 3 rings (SSSR count). The monoisotopic (exact) mass is 640 g/mol. The molecule has 0 saturated heterocycles. The molecule has 0 aliphatic heterocycles. The summed E-state index contributed by atoms with van der Waals surface area (Å²) in [6, 6.07) is 17.8. The lowest BCUT2D eigenvalue weighted by Crippen LogP contribution is -2.50. The molecule has 0 unspecified atom stereocenters. The van der Waals surface area contributed by atoms with Crippen LogP contribution in [0.15, 0.2) is 48.5 Å². The molecule has 0 heterocycles. The second kappa shape index (κ2) is 17.2. The van der Waals surface area contributed by atoms with Crippen molar-refractivity contribution in [1.82, 2.24) is 0 Å². The zero-order chi connectivity index (χ0) is 34.0. The molecule has 0 atom stereocenters. The second-order valence-electron chi connectivity index (χ2n) is 14.3. The van der Waals surface area contributed by atoms with Gasteiger partial charge in [0.2, 0.25) is 0 Å². The Morgan fingerprint density at radius 2 is 1.35 bits per heavy atom. The van der Waals surface area contributed by atoms with Gasteiger partial charge in [-0.15, -0.1) is 0 Å². The first-order valence-corrected chi connectivity index (χ1v) is 19.7. The Bertz CT molecular complexity index is 1430. The highest BCUT2D eigenvalue weighted by Gasteiger charge is 2.47. The van der Waals surface area contributed by atoms with E-state index in [0.717, 1.165) is 41.0 Å². The molecule has 0 saturated carbocycles. The number of unbranched alkanes of at least 4 members (excludes halogenated alkanes) is 2. The summed E-state index contributed by atoms with van der Waals surface area (Å²) in [5, 5.41) is 0. The van der Waals surface area contributed by atoms with Gasteiger partial charge in [0.05, 0.1) is 5.56 Å². The third-order valence-electron chi connectivity index (χ3n) is 9.54. The number of hydrogen-bond acceptors (Lipinski definition) is 3. The van der Waals surface area contributed by atoms with Crippen LogP contribution in [0, 0.1) is 25.7 Å². The van der Waals surface area contributed by atoms with Crippen LogP contribution < -0.4 is 9.16 Å². The Morgan fingerprint density at radius 1 is 0.739 bits per heavy atom. The molecule has 0 aromatic heterocycles. The summed E-state index contributed by atoms with van der Waals surface area (Å²) in [6.07, 6.45) is 5.69. The number of rotatable bonds is 15. The van der Waals surface area contributed by atoms with Gasteiger partial charge in [-0.1, -0.05) is 105 Å². The molecule has 250 valence electrons. The maximum absolute atomic E-state index is 7.07. The van der Waals surface area contributed by atoms with E-state index in [2.05, 4.69) is 137 Å². The first-order chi connectivity index (χ1) is 21.8. The highest BCUT2D eigenvalue weighted by Crippen LogP contribution is 2.43. The molecule has 3 aromatic carbocycles. The maximum Gasteiger partial charge on any atom is 0.258 e. The van der Waals surface area contributed by atoms with Crippen LogP contribution in [0.2, 0.25) is 16.6 Å². The molecular formula is C42H60O3Si. The lowest BCUT2D eigenvalue weighted by Gasteiger charge is -2.42. The van der Waals surface area contributed by atoms with Gasteiger partial charge < -0.3 is 13.9 Å². The quantitative estimate of drug-likeness (QED) is 0.0716. The Labute approximate surface area is 282 Å². The van der Waals surface area contributed by atoms with E-state index < -0.39 is 8.32 Å². The summed E-state index contributed by atoms with van der Waals surface area (Å²) in [6.45, 7) is 25.4. The molecule has 4 heteroatoms. The summed E-state index contributed by atoms with van der Waals surface area (Å²) in [7, 11) is -0.380. The molecule has 3 nitrogen and oxygen atoms in total. The summed E-state index contributed by atoms with van der Waals surface area (Å²) < 4.78 is 18.6.